The zero-order chi connectivity index (χ0) is 18.4. The summed E-state index contributed by atoms with van der Waals surface area (Å²) < 4.78 is 50.1. The molecule has 0 spiro atoms. The molecular formula is C18H22FO4PS. The van der Waals surface area contributed by atoms with E-state index in [1.54, 1.807) is 26.0 Å². The molecule has 0 aliphatic heterocycles. The van der Waals surface area contributed by atoms with Crippen LogP contribution in [0.1, 0.15) is 25.0 Å². The summed E-state index contributed by atoms with van der Waals surface area (Å²) in [6.07, 6.45) is 0.00700. The van der Waals surface area contributed by atoms with Gasteiger partial charge in [-0.3, -0.25) is 4.57 Å². The second-order valence-corrected chi connectivity index (χ2v) is 8.95. The van der Waals surface area contributed by atoms with Gasteiger partial charge in [-0.05, 0) is 50.6 Å². The van der Waals surface area contributed by atoms with Crippen LogP contribution in [-0.4, -0.2) is 17.4 Å². The van der Waals surface area contributed by atoms with E-state index in [1.807, 2.05) is 19.1 Å². The first-order chi connectivity index (χ1) is 11.9. The topological polar surface area (TPSA) is 52.6 Å². The summed E-state index contributed by atoms with van der Waals surface area (Å²) in [7, 11) is -4.97. The van der Waals surface area contributed by atoms with E-state index in [0.717, 1.165) is 5.56 Å². The van der Waals surface area contributed by atoms with Crippen LogP contribution in [0, 0.1) is 12.7 Å². The van der Waals surface area contributed by atoms with Crippen LogP contribution < -0.4 is 0 Å². The molecule has 0 saturated carbocycles. The van der Waals surface area contributed by atoms with Gasteiger partial charge in [-0.2, -0.15) is 0 Å². The van der Waals surface area contributed by atoms with E-state index in [9.17, 15) is 13.2 Å². The van der Waals surface area contributed by atoms with Crippen molar-refractivity contribution in [2.24, 2.45) is 0 Å². The maximum Gasteiger partial charge on any atom is 0.335 e. The predicted molar refractivity (Wildman–Crippen MR) is 96.8 cm³/mol. The van der Waals surface area contributed by atoms with Crippen LogP contribution in [0.25, 0.3) is 0 Å². The average molecular weight is 384 g/mol. The number of benzene rings is 2. The molecule has 2 aromatic rings. The minimum absolute atomic E-state index is 0.00700. The number of halogens is 1. The average Bonchev–Trinajstić information content (AvgIpc) is 2.57. The standard InChI is InChI=1S/C18H22FO4PS/c1-4-22-24(20,23-5-2)13-15-8-11-17(19)18(12-15)25(21)16-9-6-14(3)7-10-16/h6-12H,4-5,13H2,1-3H3. The first-order valence-electron chi connectivity index (χ1n) is 8.03. The molecule has 0 amide bonds. The second kappa shape index (κ2) is 8.86. The van der Waals surface area contributed by atoms with Crippen molar-refractivity contribution in [1.82, 2.24) is 0 Å². The van der Waals surface area contributed by atoms with Crippen LogP contribution in [0.4, 0.5) is 4.39 Å². The van der Waals surface area contributed by atoms with Crippen molar-refractivity contribution in [2.45, 2.75) is 36.7 Å². The van der Waals surface area contributed by atoms with Crippen LogP contribution >= 0.6 is 7.60 Å². The largest absolute Gasteiger partial charge is 0.335 e. The second-order valence-electron chi connectivity index (χ2n) is 5.45. The molecule has 4 nitrogen and oxygen atoms in total. The van der Waals surface area contributed by atoms with E-state index in [1.165, 1.54) is 18.2 Å². The van der Waals surface area contributed by atoms with E-state index in [0.29, 0.717) is 10.5 Å². The molecule has 0 heterocycles. The Morgan fingerprint density at radius 1 is 1.04 bits per heavy atom. The third-order valence-electron chi connectivity index (χ3n) is 3.46. The van der Waals surface area contributed by atoms with Gasteiger partial charge in [0.05, 0.1) is 35.1 Å². The van der Waals surface area contributed by atoms with Crippen molar-refractivity contribution in [3.63, 3.8) is 0 Å². The lowest BCUT2D eigenvalue weighted by atomic mass is 10.2. The van der Waals surface area contributed by atoms with Crippen LogP contribution in [0.5, 0.6) is 0 Å². The Balaban J connectivity index is 2.32. The number of hydrogen-bond donors (Lipinski definition) is 0. The third-order valence-corrected chi connectivity index (χ3v) is 6.93. The van der Waals surface area contributed by atoms with E-state index in [4.69, 9.17) is 9.05 Å². The van der Waals surface area contributed by atoms with Gasteiger partial charge >= 0.3 is 7.60 Å². The van der Waals surface area contributed by atoms with Crippen molar-refractivity contribution in [1.29, 1.82) is 0 Å². The van der Waals surface area contributed by atoms with Crippen molar-refractivity contribution in [3.8, 4) is 0 Å². The van der Waals surface area contributed by atoms with Gasteiger partial charge in [0.2, 0.25) is 0 Å². The fraction of sp³-hybridized carbons (Fsp3) is 0.333. The zero-order valence-electron chi connectivity index (χ0n) is 14.5. The molecule has 2 rings (SSSR count). The molecule has 0 fully saturated rings. The van der Waals surface area contributed by atoms with Crippen molar-refractivity contribution >= 4 is 18.4 Å². The molecule has 1 unspecified atom stereocenters. The van der Waals surface area contributed by atoms with Crippen molar-refractivity contribution < 1.29 is 22.2 Å². The number of rotatable bonds is 8. The van der Waals surface area contributed by atoms with E-state index in [-0.39, 0.29) is 24.3 Å². The highest BCUT2D eigenvalue weighted by Gasteiger charge is 2.25. The summed E-state index contributed by atoms with van der Waals surface area (Å²) >= 11 is 0. The summed E-state index contributed by atoms with van der Waals surface area (Å²) in [4.78, 5) is 0.570. The molecule has 0 aliphatic carbocycles. The smallest absolute Gasteiger partial charge is 0.309 e. The minimum atomic E-state index is -3.31. The predicted octanol–water partition coefficient (Wildman–Crippen LogP) is 5.07. The molecule has 0 saturated heterocycles. The summed E-state index contributed by atoms with van der Waals surface area (Å²) in [5, 5.41) is 0. The van der Waals surface area contributed by atoms with Gasteiger partial charge in [-0.15, -0.1) is 0 Å². The fourth-order valence-corrected chi connectivity index (χ4v) is 5.15. The monoisotopic (exact) mass is 384 g/mol. The van der Waals surface area contributed by atoms with Crippen molar-refractivity contribution in [2.75, 3.05) is 13.2 Å². The fourth-order valence-electron chi connectivity index (χ4n) is 2.32. The Hall–Kier alpha value is -1.33. The molecule has 2 aromatic carbocycles. The first-order valence-corrected chi connectivity index (χ1v) is 10.9. The number of aryl methyl sites for hydroxylation is 1. The van der Waals surface area contributed by atoms with E-state index < -0.39 is 24.2 Å². The highest BCUT2D eigenvalue weighted by atomic mass is 32.2. The van der Waals surface area contributed by atoms with Gasteiger partial charge in [0.1, 0.15) is 5.82 Å². The van der Waals surface area contributed by atoms with Crippen LogP contribution in [0.2, 0.25) is 0 Å². The molecule has 0 bridgehead atoms. The lowest BCUT2D eigenvalue weighted by Gasteiger charge is -2.17. The molecule has 0 aromatic heterocycles. The van der Waals surface area contributed by atoms with Crippen molar-refractivity contribution in [3.05, 3.63) is 59.4 Å². The molecule has 0 aliphatic rings. The summed E-state index contributed by atoms with van der Waals surface area (Å²) in [5.74, 6) is -0.565. The maximum absolute atomic E-state index is 14.2. The Morgan fingerprint density at radius 3 is 2.20 bits per heavy atom. The zero-order valence-corrected chi connectivity index (χ0v) is 16.2. The summed E-state index contributed by atoms with van der Waals surface area (Å²) in [6.45, 7) is 5.89. The van der Waals surface area contributed by atoms with Crippen LogP contribution in [-0.2, 0) is 30.6 Å². The quantitative estimate of drug-likeness (QED) is 0.597. The molecule has 25 heavy (non-hydrogen) atoms. The Kier molecular flexibility index (Phi) is 7.08. The van der Waals surface area contributed by atoms with Crippen LogP contribution in [0.3, 0.4) is 0 Å². The van der Waals surface area contributed by atoms with E-state index >= 15 is 0 Å². The van der Waals surface area contributed by atoms with Gasteiger partial charge in [-0.1, -0.05) is 23.8 Å². The molecule has 1 atom stereocenters. The number of hydrogen-bond acceptors (Lipinski definition) is 4. The normalized spacial score (nSPS) is 13.0. The molecule has 0 N–H and O–H groups in total. The van der Waals surface area contributed by atoms with E-state index in [2.05, 4.69) is 0 Å². The summed E-state index contributed by atoms with van der Waals surface area (Å²) in [6, 6.07) is 11.3. The molecular weight excluding hydrogens is 362 g/mol. The Morgan fingerprint density at radius 2 is 1.64 bits per heavy atom. The molecule has 136 valence electrons. The SMILES string of the molecule is CCOP(=O)(Cc1ccc(F)c(S(=O)c2ccc(C)cc2)c1)OCC. The van der Waals surface area contributed by atoms with Gasteiger partial charge in [0.25, 0.3) is 0 Å². The van der Waals surface area contributed by atoms with Gasteiger partial charge in [0.15, 0.2) is 0 Å². The molecule has 7 heteroatoms. The maximum atomic E-state index is 14.2. The molecule has 0 radical (unpaired) electrons. The highest BCUT2D eigenvalue weighted by Crippen LogP contribution is 2.51. The lowest BCUT2D eigenvalue weighted by Crippen LogP contribution is -2.02. The van der Waals surface area contributed by atoms with Gasteiger partial charge in [0, 0.05) is 4.90 Å². The third kappa shape index (κ3) is 5.32. The van der Waals surface area contributed by atoms with Crippen LogP contribution in [0.15, 0.2) is 52.3 Å². The first kappa shape index (κ1) is 20.0. The van der Waals surface area contributed by atoms with Gasteiger partial charge < -0.3 is 9.05 Å². The minimum Gasteiger partial charge on any atom is -0.309 e. The Bertz CT molecular complexity index is 782. The lowest BCUT2D eigenvalue weighted by molar-refractivity contribution is 0.219. The summed E-state index contributed by atoms with van der Waals surface area (Å²) in [5.41, 5.74) is 1.59. The Labute approximate surface area is 150 Å². The van der Waals surface area contributed by atoms with Gasteiger partial charge in [-0.25, -0.2) is 8.60 Å². The highest BCUT2D eigenvalue weighted by molar-refractivity contribution is 7.85.